The Bertz CT molecular complexity index is 1340. The number of aromatic hydroxyl groups is 1. The Balaban J connectivity index is 1.39. The number of nitrogens with one attached hydrogen (secondary N) is 2. The van der Waals surface area contributed by atoms with Crippen molar-refractivity contribution in [1.82, 2.24) is 29.8 Å². The van der Waals surface area contributed by atoms with E-state index in [9.17, 15) is 19.5 Å². The van der Waals surface area contributed by atoms with Crippen molar-refractivity contribution in [1.29, 1.82) is 0 Å². The van der Waals surface area contributed by atoms with Gasteiger partial charge in [-0.15, -0.1) is 0 Å². The lowest BCUT2D eigenvalue weighted by Gasteiger charge is -2.07. The number of hydrogen-bond donors (Lipinski definition) is 3. The maximum absolute atomic E-state index is 12.6. The van der Waals surface area contributed by atoms with Crippen molar-refractivity contribution in [3.05, 3.63) is 77.0 Å². The van der Waals surface area contributed by atoms with Gasteiger partial charge in [0.15, 0.2) is 11.4 Å². The van der Waals surface area contributed by atoms with Crippen LogP contribution in [0.5, 0.6) is 5.75 Å². The number of carbonyl (C=O) groups excluding carboxylic acids is 2. The first-order chi connectivity index (χ1) is 15.5. The number of fused-ring (bicyclic) bond motifs is 1. The fourth-order valence-corrected chi connectivity index (χ4v) is 3.50. The second-order valence-corrected chi connectivity index (χ2v) is 7.06. The highest BCUT2D eigenvalue weighted by Gasteiger charge is 2.18. The molecule has 0 atom stereocenters. The smallest absolute Gasteiger partial charge is 0.329 e. The molecular formula is C22H22N6O4. The van der Waals surface area contributed by atoms with E-state index in [1.165, 1.54) is 15.4 Å². The van der Waals surface area contributed by atoms with Crippen LogP contribution in [0.15, 0.2) is 65.6 Å². The fourth-order valence-electron chi connectivity index (χ4n) is 3.50. The van der Waals surface area contributed by atoms with Crippen LogP contribution in [-0.2, 0) is 17.9 Å². The number of imidazole rings is 1. The largest absolute Gasteiger partial charge is 0.504 e. The van der Waals surface area contributed by atoms with E-state index in [1.54, 1.807) is 28.8 Å². The standard InChI is InChI=1S/C22H22N6O4/c1-2-26-16-10-6-7-11-17(16)27(22(26)32)13-12-19(30)23-24-21(31)20-18(29)14-28(25-20)15-8-4-3-5-9-15/h3-11,14,29H,2,12-13H2,1H3,(H,23,30)(H,24,31). The van der Waals surface area contributed by atoms with E-state index in [1.807, 2.05) is 37.3 Å². The Morgan fingerprint density at radius 2 is 1.62 bits per heavy atom. The summed E-state index contributed by atoms with van der Waals surface area (Å²) in [7, 11) is 0. The van der Waals surface area contributed by atoms with Gasteiger partial charge in [0, 0.05) is 19.5 Å². The van der Waals surface area contributed by atoms with Crippen molar-refractivity contribution in [3.8, 4) is 11.4 Å². The first kappa shape index (κ1) is 20.9. The number of aryl methyl sites for hydroxylation is 2. The Kier molecular flexibility index (Phi) is 5.75. The third kappa shape index (κ3) is 3.97. The maximum Gasteiger partial charge on any atom is 0.329 e. The minimum absolute atomic E-state index is 0.0254. The summed E-state index contributed by atoms with van der Waals surface area (Å²) in [6.45, 7) is 2.56. The zero-order valence-corrected chi connectivity index (χ0v) is 17.4. The highest BCUT2D eigenvalue weighted by atomic mass is 16.3. The van der Waals surface area contributed by atoms with Crippen LogP contribution in [0.4, 0.5) is 0 Å². The quantitative estimate of drug-likeness (QED) is 0.398. The van der Waals surface area contributed by atoms with E-state index in [0.29, 0.717) is 12.2 Å². The molecule has 0 radical (unpaired) electrons. The summed E-state index contributed by atoms with van der Waals surface area (Å²) in [4.78, 5) is 37.2. The molecule has 2 aromatic heterocycles. The molecule has 0 aliphatic rings. The topological polar surface area (TPSA) is 123 Å². The lowest BCUT2D eigenvalue weighted by atomic mass is 10.3. The van der Waals surface area contributed by atoms with E-state index in [4.69, 9.17) is 0 Å². The summed E-state index contributed by atoms with van der Waals surface area (Å²) >= 11 is 0. The predicted molar refractivity (Wildman–Crippen MR) is 117 cm³/mol. The van der Waals surface area contributed by atoms with E-state index in [0.717, 1.165) is 11.0 Å². The fraction of sp³-hybridized carbons (Fsp3) is 0.182. The summed E-state index contributed by atoms with van der Waals surface area (Å²) in [5, 5.41) is 14.1. The second kappa shape index (κ2) is 8.80. The molecule has 10 heteroatoms. The molecule has 0 bridgehead atoms. The Labute approximate surface area is 182 Å². The van der Waals surface area contributed by atoms with E-state index in [2.05, 4.69) is 16.0 Å². The van der Waals surface area contributed by atoms with Crippen molar-refractivity contribution >= 4 is 22.8 Å². The van der Waals surface area contributed by atoms with Gasteiger partial charge in [0.25, 0.3) is 5.91 Å². The number of rotatable bonds is 6. The van der Waals surface area contributed by atoms with Gasteiger partial charge in [0.05, 0.1) is 22.9 Å². The van der Waals surface area contributed by atoms with Crippen LogP contribution in [0.25, 0.3) is 16.7 Å². The van der Waals surface area contributed by atoms with Crippen LogP contribution < -0.4 is 16.5 Å². The summed E-state index contributed by atoms with van der Waals surface area (Å²) < 4.78 is 4.54. The molecule has 2 amide bonds. The molecule has 0 aliphatic carbocycles. The van der Waals surface area contributed by atoms with Gasteiger partial charge >= 0.3 is 5.69 Å². The van der Waals surface area contributed by atoms with Gasteiger partial charge in [-0.2, -0.15) is 5.10 Å². The van der Waals surface area contributed by atoms with Gasteiger partial charge in [-0.3, -0.25) is 29.6 Å². The molecule has 2 aromatic carbocycles. The van der Waals surface area contributed by atoms with Crippen LogP contribution in [0, 0.1) is 0 Å². The van der Waals surface area contributed by atoms with Gasteiger partial charge in [0.1, 0.15) is 0 Å². The molecule has 0 unspecified atom stereocenters. The average molecular weight is 434 g/mol. The molecule has 10 nitrogen and oxygen atoms in total. The van der Waals surface area contributed by atoms with Crippen LogP contribution in [-0.4, -0.2) is 35.8 Å². The number of benzene rings is 2. The number of amides is 2. The monoisotopic (exact) mass is 434 g/mol. The lowest BCUT2D eigenvalue weighted by Crippen LogP contribution is -2.42. The summed E-state index contributed by atoms with van der Waals surface area (Å²) in [6.07, 6.45) is 1.28. The van der Waals surface area contributed by atoms with Crippen LogP contribution in [0.3, 0.4) is 0 Å². The second-order valence-electron chi connectivity index (χ2n) is 7.06. The van der Waals surface area contributed by atoms with E-state index < -0.39 is 11.8 Å². The minimum Gasteiger partial charge on any atom is -0.504 e. The van der Waals surface area contributed by atoms with Crippen LogP contribution >= 0.6 is 0 Å². The average Bonchev–Trinajstić information content (AvgIpc) is 3.33. The zero-order valence-electron chi connectivity index (χ0n) is 17.4. The van der Waals surface area contributed by atoms with Crippen molar-refractivity contribution in [2.24, 2.45) is 0 Å². The number of hydrazine groups is 1. The van der Waals surface area contributed by atoms with Gasteiger partial charge in [-0.25, -0.2) is 9.48 Å². The lowest BCUT2D eigenvalue weighted by molar-refractivity contribution is -0.122. The van der Waals surface area contributed by atoms with E-state index in [-0.39, 0.29) is 30.1 Å². The minimum atomic E-state index is -0.759. The Hall–Kier alpha value is -4.34. The molecule has 0 saturated heterocycles. The third-order valence-electron chi connectivity index (χ3n) is 5.05. The van der Waals surface area contributed by atoms with E-state index >= 15 is 0 Å². The van der Waals surface area contributed by atoms with Gasteiger partial charge in [-0.05, 0) is 31.2 Å². The Morgan fingerprint density at radius 1 is 0.969 bits per heavy atom. The first-order valence-electron chi connectivity index (χ1n) is 10.1. The van der Waals surface area contributed by atoms with Gasteiger partial charge in [0.2, 0.25) is 5.91 Å². The van der Waals surface area contributed by atoms with Crippen molar-refractivity contribution in [2.45, 2.75) is 26.4 Å². The normalized spacial score (nSPS) is 10.9. The summed E-state index contributed by atoms with van der Waals surface area (Å²) in [6, 6.07) is 16.4. The first-order valence-corrected chi connectivity index (χ1v) is 10.1. The summed E-state index contributed by atoms with van der Waals surface area (Å²) in [5.41, 5.74) is 6.33. The third-order valence-corrected chi connectivity index (χ3v) is 5.05. The van der Waals surface area contributed by atoms with Gasteiger partial charge in [-0.1, -0.05) is 30.3 Å². The molecule has 0 fully saturated rings. The van der Waals surface area contributed by atoms with Gasteiger partial charge < -0.3 is 5.11 Å². The van der Waals surface area contributed by atoms with Crippen molar-refractivity contribution in [3.63, 3.8) is 0 Å². The molecule has 0 aliphatic heterocycles. The highest BCUT2D eigenvalue weighted by Crippen LogP contribution is 2.17. The molecule has 4 aromatic rings. The number of nitrogens with zero attached hydrogens (tertiary/aromatic N) is 4. The maximum atomic E-state index is 12.6. The SMILES string of the molecule is CCn1c(=O)n(CCC(=O)NNC(=O)c2nn(-c3ccccc3)cc2O)c2ccccc21. The predicted octanol–water partition coefficient (Wildman–Crippen LogP) is 1.57. The van der Waals surface area contributed by atoms with Crippen LogP contribution in [0.1, 0.15) is 23.8 Å². The number of aromatic nitrogens is 4. The number of para-hydroxylation sites is 3. The molecule has 3 N–H and O–H groups in total. The highest BCUT2D eigenvalue weighted by molar-refractivity contribution is 5.95. The molecule has 4 rings (SSSR count). The van der Waals surface area contributed by atoms with Crippen molar-refractivity contribution in [2.75, 3.05) is 0 Å². The van der Waals surface area contributed by atoms with Crippen LogP contribution in [0.2, 0.25) is 0 Å². The number of hydrogen-bond acceptors (Lipinski definition) is 5. The molecule has 0 saturated carbocycles. The number of carbonyl (C=O) groups is 2. The van der Waals surface area contributed by atoms with Crippen molar-refractivity contribution < 1.29 is 14.7 Å². The molecule has 0 spiro atoms. The zero-order chi connectivity index (χ0) is 22.7. The molecular weight excluding hydrogens is 412 g/mol. The summed E-state index contributed by atoms with van der Waals surface area (Å²) in [5.74, 6) is -1.56. The molecule has 32 heavy (non-hydrogen) atoms. The Morgan fingerprint density at radius 3 is 2.31 bits per heavy atom. The molecule has 164 valence electrons. The molecule has 2 heterocycles.